The normalized spacial score (nSPS) is 11.8. The summed E-state index contributed by atoms with van der Waals surface area (Å²) in [6.45, 7) is 7.86. The van der Waals surface area contributed by atoms with Crippen LogP contribution in [0.15, 0.2) is 9.52 Å². The van der Waals surface area contributed by atoms with Crippen LogP contribution in [0.2, 0.25) is 0 Å². The number of aryl methyl sites for hydroxylation is 1. The van der Waals surface area contributed by atoms with E-state index >= 15 is 0 Å². The van der Waals surface area contributed by atoms with Crippen molar-refractivity contribution in [3.63, 3.8) is 0 Å². The van der Waals surface area contributed by atoms with Gasteiger partial charge in [-0.3, -0.25) is 0 Å². The maximum absolute atomic E-state index is 5.78. The van der Waals surface area contributed by atoms with E-state index in [1.54, 1.807) is 6.92 Å². The Hall–Kier alpha value is -1.59. The maximum atomic E-state index is 5.78. The van der Waals surface area contributed by atoms with Gasteiger partial charge in [-0.2, -0.15) is 4.98 Å². The van der Waals surface area contributed by atoms with Crippen LogP contribution in [0, 0.1) is 6.92 Å². The first-order chi connectivity index (χ1) is 7.17. The molecular weight excluding hydrogens is 194 g/mol. The monoisotopic (exact) mass is 211 g/mol. The number of hydrogen-bond donors (Lipinski definition) is 1. The SMILES string of the molecule is CCN(CC)C(N)=NCc1noc(C)n1. The average Bonchev–Trinajstić information content (AvgIpc) is 2.63. The molecule has 0 bridgehead atoms. The molecule has 1 aromatic rings. The van der Waals surface area contributed by atoms with Crippen molar-refractivity contribution in [3.8, 4) is 0 Å². The summed E-state index contributed by atoms with van der Waals surface area (Å²) in [5, 5.41) is 3.73. The third-order valence-electron chi connectivity index (χ3n) is 2.04. The topological polar surface area (TPSA) is 80.5 Å². The molecule has 2 N–H and O–H groups in total. The highest BCUT2D eigenvalue weighted by Gasteiger charge is 2.04. The minimum Gasteiger partial charge on any atom is -0.370 e. The van der Waals surface area contributed by atoms with Gasteiger partial charge in [0.15, 0.2) is 11.8 Å². The number of nitrogens with two attached hydrogens (primary N) is 1. The van der Waals surface area contributed by atoms with Crippen LogP contribution in [0.4, 0.5) is 0 Å². The minimum absolute atomic E-state index is 0.361. The second-order valence-corrected chi connectivity index (χ2v) is 3.08. The van der Waals surface area contributed by atoms with E-state index in [4.69, 9.17) is 10.3 Å². The molecule has 0 amide bonds. The van der Waals surface area contributed by atoms with Gasteiger partial charge in [-0.15, -0.1) is 0 Å². The summed E-state index contributed by atoms with van der Waals surface area (Å²) in [4.78, 5) is 10.2. The molecule has 15 heavy (non-hydrogen) atoms. The summed E-state index contributed by atoms with van der Waals surface area (Å²) in [6.07, 6.45) is 0. The molecule has 0 unspecified atom stereocenters. The van der Waals surface area contributed by atoms with Crippen molar-refractivity contribution in [2.24, 2.45) is 10.7 Å². The van der Waals surface area contributed by atoms with E-state index in [0.29, 0.717) is 24.2 Å². The Morgan fingerprint density at radius 2 is 2.13 bits per heavy atom. The Morgan fingerprint density at radius 1 is 1.47 bits per heavy atom. The third kappa shape index (κ3) is 3.23. The van der Waals surface area contributed by atoms with E-state index in [0.717, 1.165) is 13.1 Å². The Kier molecular flexibility index (Phi) is 4.08. The molecule has 6 heteroatoms. The Morgan fingerprint density at radius 3 is 2.60 bits per heavy atom. The summed E-state index contributed by atoms with van der Waals surface area (Å²) < 4.78 is 4.83. The van der Waals surface area contributed by atoms with Crippen LogP contribution in [0.1, 0.15) is 25.6 Å². The highest BCUT2D eigenvalue weighted by molar-refractivity contribution is 5.77. The number of hydrogen-bond acceptors (Lipinski definition) is 4. The van der Waals surface area contributed by atoms with E-state index in [1.165, 1.54) is 0 Å². The molecule has 0 fully saturated rings. The van der Waals surface area contributed by atoms with Crippen molar-refractivity contribution < 1.29 is 4.52 Å². The fourth-order valence-corrected chi connectivity index (χ4v) is 1.20. The molecule has 1 aromatic heterocycles. The Bertz CT molecular complexity index is 329. The maximum Gasteiger partial charge on any atom is 0.223 e. The molecule has 6 nitrogen and oxygen atoms in total. The van der Waals surface area contributed by atoms with Gasteiger partial charge in [0.25, 0.3) is 0 Å². The fourth-order valence-electron chi connectivity index (χ4n) is 1.20. The van der Waals surface area contributed by atoms with Crippen LogP contribution in [0.3, 0.4) is 0 Å². The quantitative estimate of drug-likeness (QED) is 0.580. The number of nitrogens with zero attached hydrogens (tertiary/aromatic N) is 4. The number of aliphatic imine (C=N–C) groups is 1. The van der Waals surface area contributed by atoms with Crippen molar-refractivity contribution >= 4 is 5.96 Å². The molecule has 0 aliphatic heterocycles. The first kappa shape index (κ1) is 11.5. The smallest absolute Gasteiger partial charge is 0.223 e. The second kappa shape index (κ2) is 5.33. The zero-order chi connectivity index (χ0) is 11.3. The Labute approximate surface area is 89.2 Å². The summed E-state index contributed by atoms with van der Waals surface area (Å²) >= 11 is 0. The lowest BCUT2D eigenvalue weighted by molar-refractivity contribution is 0.387. The molecule has 0 spiro atoms. The van der Waals surface area contributed by atoms with E-state index in [9.17, 15) is 0 Å². The summed E-state index contributed by atoms with van der Waals surface area (Å²) in [5.41, 5.74) is 5.78. The zero-order valence-electron chi connectivity index (χ0n) is 9.40. The van der Waals surface area contributed by atoms with Gasteiger partial charge in [-0.1, -0.05) is 5.16 Å². The van der Waals surface area contributed by atoms with Gasteiger partial charge in [0.2, 0.25) is 5.89 Å². The third-order valence-corrected chi connectivity index (χ3v) is 2.04. The van der Waals surface area contributed by atoms with Crippen LogP contribution in [0.25, 0.3) is 0 Å². The molecule has 0 radical (unpaired) electrons. The van der Waals surface area contributed by atoms with Gasteiger partial charge in [0.1, 0.15) is 6.54 Å². The van der Waals surface area contributed by atoms with E-state index < -0.39 is 0 Å². The number of guanidine groups is 1. The molecule has 0 aromatic carbocycles. The van der Waals surface area contributed by atoms with Crippen LogP contribution >= 0.6 is 0 Å². The molecule has 0 aliphatic carbocycles. The molecule has 84 valence electrons. The second-order valence-electron chi connectivity index (χ2n) is 3.08. The summed E-state index contributed by atoms with van der Waals surface area (Å²) in [7, 11) is 0. The van der Waals surface area contributed by atoms with Crippen molar-refractivity contribution in [1.29, 1.82) is 0 Å². The standard InChI is InChI=1S/C9H17N5O/c1-4-14(5-2)9(10)11-6-8-12-7(3)15-13-8/h4-6H2,1-3H3,(H2,10,11). The summed E-state index contributed by atoms with van der Waals surface area (Å²) in [6, 6.07) is 0. The average molecular weight is 211 g/mol. The van der Waals surface area contributed by atoms with Crippen molar-refractivity contribution in [3.05, 3.63) is 11.7 Å². The van der Waals surface area contributed by atoms with Crippen LogP contribution in [0.5, 0.6) is 0 Å². The molecule has 0 atom stereocenters. The van der Waals surface area contributed by atoms with Crippen LogP contribution in [-0.4, -0.2) is 34.1 Å². The first-order valence-corrected chi connectivity index (χ1v) is 5.01. The predicted molar refractivity (Wildman–Crippen MR) is 57.3 cm³/mol. The fraction of sp³-hybridized carbons (Fsp3) is 0.667. The summed E-state index contributed by atoms with van der Waals surface area (Å²) in [5.74, 6) is 1.62. The Balaban J connectivity index is 2.56. The molecule has 0 saturated heterocycles. The van der Waals surface area contributed by atoms with Crippen LogP contribution in [-0.2, 0) is 6.54 Å². The van der Waals surface area contributed by atoms with Gasteiger partial charge in [-0.05, 0) is 13.8 Å². The van der Waals surface area contributed by atoms with Crippen molar-refractivity contribution in [2.75, 3.05) is 13.1 Å². The highest BCUT2D eigenvalue weighted by atomic mass is 16.5. The lowest BCUT2D eigenvalue weighted by atomic mass is 10.5. The number of aromatic nitrogens is 2. The minimum atomic E-state index is 0.361. The van der Waals surface area contributed by atoms with Crippen molar-refractivity contribution in [1.82, 2.24) is 15.0 Å². The lowest BCUT2D eigenvalue weighted by Crippen LogP contribution is -2.37. The highest BCUT2D eigenvalue weighted by Crippen LogP contribution is 1.97. The van der Waals surface area contributed by atoms with Crippen molar-refractivity contribution in [2.45, 2.75) is 27.3 Å². The molecule has 0 saturated carbocycles. The van der Waals surface area contributed by atoms with Crippen LogP contribution < -0.4 is 5.73 Å². The molecule has 0 aliphatic rings. The van der Waals surface area contributed by atoms with Gasteiger partial charge < -0.3 is 15.2 Å². The largest absolute Gasteiger partial charge is 0.370 e. The molecular formula is C9H17N5O. The van der Waals surface area contributed by atoms with E-state index in [2.05, 4.69) is 15.1 Å². The van der Waals surface area contributed by atoms with Gasteiger partial charge in [0.05, 0.1) is 0 Å². The van der Waals surface area contributed by atoms with E-state index in [-0.39, 0.29) is 0 Å². The number of rotatable bonds is 4. The zero-order valence-corrected chi connectivity index (χ0v) is 9.40. The first-order valence-electron chi connectivity index (χ1n) is 5.01. The lowest BCUT2D eigenvalue weighted by Gasteiger charge is -2.18. The van der Waals surface area contributed by atoms with E-state index in [1.807, 2.05) is 18.7 Å². The van der Waals surface area contributed by atoms with Gasteiger partial charge in [-0.25, -0.2) is 4.99 Å². The van der Waals surface area contributed by atoms with Gasteiger partial charge in [0, 0.05) is 20.0 Å². The molecule has 1 heterocycles. The predicted octanol–water partition coefficient (Wildman–Crippen LogP) is 0.535. The molecule has 1 rings (SSSR count). The van der Waals surface area contributed by atoms with Gasteiger partial charge >= 0.3 is 0 Å².